The van der Waals surface area contributed by atoms with Gasteiger partial charge in [0.25, 0.3) is 0 Å². The van der Waals surface area contributed by atoms with Gasteiger partial charge < -0.3 is 4.74 Å². The average molecular weight is 266 g/mol. The predicted octanol–water partition coefficient (Wildman–Crippen LogP) is 2.26. The number of ether oxygens (including phenoxy) is 1. The third kappa shape index (κ3) is 2.66. The summed E-state index contributed by atoms with van der Waals surface area (Å²) >= 11 is 0. The van der Waals surface area contributed by atoms with Crippen molar-refractivity contribution in [3.63, 3.8) is 0 Å². The fourth-order valence-corrected chi connectivity index (χ4v) is 1.93. The Morgan fingerprint density at radius 3 is 2.60 bits per heavy atom. The van der Waals surface area contributed by atoms with Gasteiger partial charge in [-0.25, -0.2) is 4.68 Å². The highest BCUT2D eigenvalue weighted by Crippen LogP contribution is 2.14. The fraction of sp³-hybridized carbons (Fsp3) is 0.133. The third-order valence-corrected chi connectivity index (χ3v) is 2.97. The van der Waals surface area contributed by atoms with Gasteiger partial charge in [0.05, 0.1) is 24.7 Å². The van der Waals surface area contributed by atoms with Crippen LogP contribution in [0.15, 0.2) is 54.9 Å². The predicted molar refractivity (Wildman–Crippen MR) is 75.0 cm³/mol. The normalized spacial score (nSPS) is 10.4. The molecule has 0 spiro atoms. The van der Waals surface area contributed by atoms with Crippen molar-refractivity contribution in [3.8, 4) is 11.4 Å². The average Bonchev–Trinajstić information content (AvgIpc) is 2.97. The summed E-state index contributed by atoms with van der Waals surface area (Å²) in [6.45, 7) is 0. The van der Waals surface area contributed by atoms with E-state index >= 15 is 0 Å². The second-order valence-electron chi connectivity index (χ2n) is 4.35. The summed E-state index contributed by atoms with van der Waals surface area (Å²) in [5.41, 5.74) is 2.82. The first-order valence-electron chi connectivity index (χ1n) is 6.31. The maximum absolute atomic E-state index is 5.14. The molecule has 1 aromatic carbocycles. The zero-order chi connectivity index (χ0) is 13.8. The molecule has 0 amide bonds. The summed E-state index contributed by atoms with van der Waals surface area (Å²) in [5.74, 6) is 0.822. The molecule has 0 N–H and O–H groups in total. The van der Waals surface area contributed by atoms with E-state index in [9.17, 15) is 0 Å². The molecule has 3 rings (SSSR count). The second-order valence-corrected chi connectivity index (χ2v) is 4.35. The smallest absolute Gasteiger partial charge is 0.119 e. The quantitative estimate of drug-likeness (QED) is 0.727. The Morgan fingerprint density at radius 2 is 1.90 bits per heavy atom. The summed E-state index contributed by atoms with van der Waals surface area (Å²) in [4.78, 5) is 4.29. The van der Waals surface area contributed by atoms with Crippen LogP contribution in [0.2, 0.25) is 0 Å². The van der Waals surface area contributed by atoms with Crippen molar-refractivity contribution >= 4 is 0 Å². The van der Waals surface area contributed by atoms with Crippen LogP contribution in [0.1, 0.15) is 11.4 Å². The highest BCUT2D eigenvalue weighted by Gasteiger charge is 2.04. The molecule has 0 atom stereocenters. The molecule has 0 unspecified atom stereocenters. The van der Waals surface area contributed by atoms with Gasteiger partial charge in [-0.15, -0.1) is 5.10 Å². The van der Waals surface area contributed by atoms with E-state index in [1.54, 1.807) is 18.0 Å². The Balaban J connectivity index is 1.79. The van der Waals surface area contributed by atoms with Crippen molar-refractivity contribution in [1.82, 2.24) is 20.0 Å². The molecule has 5 nitrogen and oxygen atoms in total. The van der Waals surface area contributed by atoms with Crippen LogP contribution in [-0.4, -0.2) is 27.1 Å². The lowest BCUT2D eigenvalue weighted by Gasteiger charge is -2.02. The number of aromatic nitrogens is 4. The van der Waals surface area contributed by atoms with Crippen LogP contribution in [-0.2, 0) is 6.42 Å². The molecule has 20 heavy (non-hydrogen) atoms. The molecule has 2 aromatic heterocycles. The molecule has 0 aliphatic heterocycles. The van der Waals surface area contributed by atoms with E-state index < -0.39 is 0 Å². The Bertz CT molecular complexity index is 677. The zero-order valence-electron chi connectivity index (χ0n) is 11.1. The van der Waals surface area contributed by atoms with E-state index in [-0.39, 0.29) is 0 Å². The second kappa shape index (κ2) is 5.52. The van der Waals surface area contributed by atoms with Gasteiger partial charge in [0.1, 0.15) is 5.75 Å². The van der Waals surface area contributed by atoms with Crippen LogP contribution >= 0.6 is 0 Å². The van der Waals surface area contributed by atoms with Crippen LogP contribution in [0.3, 0.4) is 0 Å². The van der Waals surface area contributed by atoms with Crippen LogP contribution < -0.4 is 4.74 Å². The molecule has 100 valence electrons. The molecule has 0 saturated heterocycles. The summed E-state index contributed by atoms with van der Waals surface area (Å²) < 4.78 is 6.88. The molecular formula is C15H14N4O. The van der Waals surface area contributed by atoms with E-state index in [1.165, 1.54) is 0 Å². The summed E-state index contributed by atoms with van der Waals surface area (Å²) in [5, 5.41) is 8.31. The highest BCUT2D eigenvalue weighted by molar-refractivity contribution is 5.36. The Morgan fingerprint density at radius 1 is 1.05 bits per heavy atom. The maximum Gasteiger partial charge on any atom is 0.119 e. The van der Waals surface area contributed by atoms with Crippen molar-refractivity contribution in [2.45, 2.75) is 6.42 Å². The van der Waals surface area contributed by atoms with Crippen molar-refractivity contribution in [3.05, 3.63) is 66.2 Å². The number of pyridine rings is 1. The minimum Gasteiger partial charge on any atom is -0.497 e. The number of rotatable bonds is 4. The first kappa shape index (κ1) is 12.3. The van der Waals surface area contributed by atoms with Crippen molar-refractivity contribution in [2.24, 2.45) is 0 Å². The SMILES string of the molecule is COc1ccc(-n2cc(Cc3ccccn3)nn2)cc1. The number of methoxy groups -OCH3 is 1. The molecule has 0 radical (unpaired) electrons. The van der Waals surface area contributed by atoms with E-state index in [0.717, 1.165) is 22.8 Å². The van der Waals surface area contributed by atoms with Crippen LogP contribution in [0.5, 0.6) is 5.75 Å². The largest absolute Gasteiger partial charge is 0.497 e. The number of nitrogens with zero attached hydrogens (tertiary/aromatic N) is 4. The molecule has 0 aliphatic rings. The number of benzene rings is 1. The lowest BCUT2D eigenvalue weighted by molar-refractivity contribution is 0.414. The van der Waals surface area contributed by atoms with E-state index in [2.05, 4.69) is 15.3 Å². The van der Waals surface area contributed by atoms with Crippen LogP contribution in [0.4, 0.5) is 0 Å². The van der Waals surface area contributed by atoms with Crippen LogP contribution in [0.25, 0.3) is 5.69 Å². The Labute approximate surface area is 116 Å². The van der Waals surface area contributed by atoms with E-state index in [0.29, 0.717) is 6.42 Å². The van der Waals surface area contributed by atoms with Gasteiger partial charge in [0, 0.05) is 18.3 Å². The summed E-state index contributed by atoms with van der Waals surface area (Å²) in [7, 11) is 1.65. The standard InChI is InChI=1S/C15H14N4O/c1-20-15-7-5-14(6-8-15)19-11-13(17-18-19)10-12-4-2-3-9-16-12/h2-9,11H,10H2,1H3. The number of hydrogen-bond donors (Lipinski definition) is 0. The maximum atomic E-state index is 5.14. The number of hydrogen-bond acceptors (Lipinski definition) is 4. The van der Waals surface area contributed by atoms with Crippen LogP contribution in [0, 0.1) is 0 Å². The summed E-state index contributed by atoms with van der Waals surface area (Å²) in [6.07, 6.45) is 4.37. The van der Waals surface area contributed by atoms with Gasteiger partial charge in [0.2, 0.25) is 0 Å². The van der Waals surface area contributed by atoms with Crippen molar-refractivity contribution < 1.29 is 4.74 Å². The Hall–Kier alpha value is -2.69. The van der Waals surface area contributed by atoms with E-state index in [1.807, 2.05) is 48.7 Å². The van der Waals surface area contributed by atoms with Gasteiger partial charge in [-0.1, -0.05) is 11.3 Å². The fourth-order valence-electron chi connectivity index (χ4n) is 1.93. The molecule has 0 saturated carbocycles. The van der Waals surface area contributed by atoms with Gasteiger partial charge in [-0.3, -0.25) is 4.98 Å². The van der Waals surface area contributed by atoms with Crippen molar-refractivity contribution in [2.75, 3.05) is 7.11 Å². The topological polar surface area (TPSA) is 52.8 Å². The van der Waals surface area contributed by atoms with E-state index in [4.69, 9.17) is 4.74 Å². The lowest BCUT2D eigenvalue weighted by atomic mass is 10.2. The van der Waals surface area contributed by atoms with Gasteiger partial charge in [0.15, 0.2) is 0 Å². The monoisotopic (exact) mass is 266 g/mol. The molecule has 0 aliphatic carbocycles. The Kier molecular flexibility index (Phi) is 3.41. The van der Waals surface area contributed by atoms with Crippen molar-refractivity contribution in [1.29, 1.82) is 0 Å². The molecular weight excluding hydrogens is 252 g/mol. The minimum atomic E-state index is 0.678. The third-order valence-electron chi connectivity index (χ3n) is 2.97. The molecule has 0 bridgehead atoms. The lowest BCUT2D eigenvalue weighted by Crippen LogP contribution is -1.94. The first-order valence-corrected chi connectivity index (χ1v) is 6.31. The van der Waals surface area contributed by atoms with Gasteiger partial charge in [-0.2, -0.15) is 0 Å². The molecule has 5 heteroatoms. The molecule has 2 heterocycles. The minimum absolute atomic E-state index is 0.678. The van der Waals surface area contributed by atoms with Gasteiger partial charge >= 0.3 is 0 Å². The first-order chi connectivity index (χ1) is 9.85. The molecule has 0 fully saturated rings. The zero-order valence-corrected chi connectivity index (χ0v) is 11.1. The summed E-state index contributed by atoms with van der Waals surface area (Å²) in [6, 6.07) is 13.5. The molecule has 3 aromatic rings. The highest BCUT2D eigenvalue weighted by atomic mass is 16.5. The van der Waals surface area contributed by atoms with Gasteiger partial charge in [-0.05, 0) is 36.4 Å².